The Bertz CT molecular complexity index is 1120. The third-order valence-electron chi connectivity index (χ3n) is 8.51. The average Bonchev–Trinajstić information content (AvgIpc) is 2.98. The van der Waals surface area contributed by atoms with Crippen LogP contribution in [0.4, 0.5) is 10.5 Å². The van der Waals surface area contributed by atoms with Gasteiger partial charge in [-0.2, -0.15) is 0 Å². The number of rotatable bonds is 11. The summed E-state index contributed by atoms with van der Waals surface area (Å²) in [7, 11) is -3.09. The second-order valence-electron chi connectivity index (χ2n) is 10.9. The predicted molar refractivity (Wildman–Crippen MR) is 157 cm³/mol. The van der Waals surface area contributed by atoms with Gasteiger partial charge in [0, 0.05) is 44.5 Å². The number of ether oxygens (including phenoxy) is 1. The van der Waals surface area contributed by atoms with Crippen LogP contribution in [0.2, 0.25) is 0 Å². The fourth-order valence-electron chi connectivity index (χ4n) is 6.22. The van der Waals surface area contributed by atoms with Crippen molar-refractivity contribution in [3.05, 3.63) is 66.2 Å². The Balaban J connectivity index is 1.37. The second kappa shape index (κ2) is 14.2. The van der Waals surface area contributed by atoms with Gasteiger partial charge in [-0.3, -0.25) is 0 Å². The van der Waals surface area contributed by atoms with Gasteiger partial charge in [-0.25, -0.2) is 17.5 Å². The first-order valence-corrected chi connectivity index (χ1v) is 16.3. The van der Waals surface area contributed by atoms with Crippen molar-refractivity contribution in [2.45, 2.75) is 65.0 Å². The zero-order valence-electron chi connectivity index (χ0n) is 23.6. The molecule has 2 heterocycles. The van der Waals surface area contributed by atoms with Crippen LogP contribution in [-0.4, -0.2) is 68.2 Å². The lowest BCUT2D eigenvalue weighted by Crippen LogP contribution is -2.53. The van der Waals surface area contributed by atoms with Crippen LogP contribution in [0.25, 0.3) is 0 Å². The molecule has 2 atom stereocenters. The number of anilines is 1. The van der Waals surface area contributed by atoms with E-state index in [0.717, 1.165) is 57.2 Å². The number of sulfonamides is 1. The molecule has 2 fully saturated rings. The number of para-hydroxylation sites is 1. The highest BCUT2D eigenvalue weighted by Crippen LogP contribution is 2.32. The van der Waals surface area contributed by atoms with Gasteiger partial charge in [0.2, 0.25) is 10.0 Å². The molecule has 0 radical (unpaired) electrons. The van der Waals surface area contributed by atoms with Gasteiger partial charge in [-0.05, 0) is 69.1 Å². The molecule has 214 valence electrons. The normalized spacial score (nSPS) is 21.0. The maximum Gasteiger partial charge on any atom is 0.410 e. The molecule has 4 rings (SSSR count). The molecule has 0 N–H and O–H groups in total. The first kappa shape index (κ1) is 29.4. The summed E-state index contributed by atoms with van der Waals surface area (Å²) in [6.45, 7) is 7.81. The van der Waals surface area contributed by atoms with Crippen molar-refractivity contribution >= 4 is 21.8 Å². The van der Waals surface area contributed by atoms with Gasteiger partial charge in [-0.1, -0.05) is 61.4 Å². The molecule has 39 heavy (non-hydrogen) atoms. The first-order valence-electron chi connectivity index (χ1n) is 14.7. The third-order valence-corrected chi connectivity index (χ3v) is 10.4. The number of piperidine rings is 2. The number of carbonyl (C=O) groups is 1. The van der Waals surface area contributed by atoms with Gasteiger partial charge in [0.25, 0.3) is 0 Å². The van der Waals surface area contributed by atoms with Gasteiger partial charge in [-0.15, -0.1) is 0 Å². The van der Waals surface area contributed by atoms with E-state index in [0.29, 0.717) is 31.5 Å². The standard InChI is InChI=1S/C31H45N3O4S/c1-3-34(31(35)38-25-27-12-7-5-8-13-27)30-20-21-32(29-16-9-6-10-17-29)24-28(30)15-11-14-26-18-22-33(23-19-26)39(36,37)4-2/h5-10,12-13,16-17,26,28,30H,3-4,11,14-15,18-25H2,1-2H3. The molecule has 7 nitrogen and oxygen atoms in total. The van der Waals surface area contributed by atoms with E-state index in [4.69, 9.17) is 4.74 Å². The highest BCUT2D eigenvalue weighted by atomic mass is 32.2. The maximum absolute atomic E-state index is 13.2. The Morgan fingerprint density at radius 2 is 1.59 bits per heavy atom. The van der Waals surface area contributed by atoms with Crippen molar-refractivity contribution in [2.24, 2.45) is 11.8 Å². The molecule has 0 aliphatic carbocycles. The minimum atomic E-state index is -3.09. The molecule has 0 spiro atoms. The quantitative estimate of drug-likeness (QED) is 0.352. The van der Waals surface area contributed by atoms with Gasteiger partial charge in [0.05, 0.1) is 5.75 Å². The van der Waals surface area contributed by atoms with Gasteiger partial charge in [0.1, 0.15) is 6.61 Å². The number of hydrogen-bond donors (Lipinski definition) is 0. The molecule has 0 bridgehead atoms. The van der Waals surface area contributed by atoms with E-state index in [1.165, 1.54) is 5.69 Å². The molecular formula is C31H45N3O4S. The summed E-state index contributed by atoms with van der Waals surface area (Å²) in [6.07, 6.45) is 5.82. The number of hydrogen-bond acceptors (Lipinski definition) is 5. The molecule has 2 aromatic carbocycles. The van der Waals surface area contributed by atoms with E-state index >= 15 is 0 Å². The van der Waals surface area contributed by atoms with E-state index < -0.39 is 10.0 Å². The lowest BCUT2D eigenvalue weighted by atomic mass is 9.84. The third kappa shape index (κ3) is 7.98. The van der Waals surface area contributed by atoms with E-state index in [9.17, 15) is 13.2 Å². The summed E-state index contributed by atoms with van der Waals surface area (Å²) in [5.41, 5.74) is 2.23. The van der Waals surface area contributed by atoms with Crippen molar-refractivity contribution in [1.82, 2.24) is 9.21 Å². The van der Waals surface area contributed by atoms with Crippen molar-refractivity contribution in [3.8, 4) is 0 Å². The Morgan fingerprint density at radius 3 is 2.23 bits per heavy atom. The molecular weight excluding hydrogens is 510 g/mol. The summed E-state index contributed by atoms with van der Waals surface area (Å²) >= 11 is 0. The predicted octanol–water partition coefficient (Wildman–Crippen LogP) is 5.77. The van der Waals surface area contributed by atoms with Gasteiger partial charge < -0.3 is 14.5 Å². The van der Waals surface area contributed by atoms with Crippen LogP contribution < -0.4 is 4.90 Å². The Hall–Kier alpha value is -2.58. The maximum atomic E-state index is 13.2. The van der Waals surface area contributed by atoms with Crippen LogP contribution in [0.5, 0.6) is 0 Å². The van der Waals surface area contributed by atoms with Crippen LogP contribution in [0.15, 0.2) is 60.7 Å². The van der Waals surface area contributed by atoms with Gasteiger partial charge >= 0.3 is 6.09 Å². The van der Waals surface area contributed by atoms with E-state index in [-0.39, 0.29) is 24.5 Å². The summed E-state index contributed by atoms with van der Waals surface area (Å²) in [4.78, 5) is 17.6. The zero-order chi connectivity index (χ0) is 27.7. The highest BCUT2D eigenvalue weighted by Gasteiger charge is 2.36. The van der Waals surface area contributed by atoms with Crippen molar-refractivity contribution in [2.75, 3.05) is 43.4 Å². The van der Waals surface area contributed by atoms with E-state index in [1.54, 1.807) is 11.2 Å². The number of nitrogens with zero attached hydrogens (tertiary/aromatic N) is 3. The number of carbonyl (C=O) groups excluding carboxylic acids is 1. The topological polar surface area (TPSA) is 70.2 Å². The van der Waals surface area contributed by atoms with Crippen LogP contribution in [-0.2, 0) is 21.4 Å². The van der Waals surface area contributed by atoms with Crippen LogP contribution in [0.1, 0.15) is 57.9 Å². The molecule has 2 aromatic rings. The number of benzene rings is 2. The van der Waals surface area contributed by atoms with Crippen molar-refractivity contribution in [3.63, 3.8) is 0 Å². The molecule has 8 heteroatoms. The molecule has 2 unspecified atom stereocenters. The average molecular weight is 556 g/mol. The van der Waals surface area contributed by atoms with Gasteiger partial charge in [0.15, 0.2) is 0 Å². The van der Waals surface area contributed by atoms with Crippen LogP contribution in [0, 0.1) is 11.8 Å². The number of amides is 1. The zero-order valence-corrected chi connectivity index (χ0v) is 24.4. The largest absolute Gasteiger partial charge is 0.445 e. The lowest BCUT2D eigenvalue weighted by Gasteiger charge is -2.44. The summed E-state index contributed by atoms with van der Waals surface area (Å²) in [5, 5.41) is 0. The molecule has 0 saturated carbocycles. The minimum Gasteiger partial charge on any atom is -0.445 e. The van der Waals surface area contributed by atoms with Crippen LogP contribution in [0.3, 0.4) is 0 Å². The van der Waals surface area contributed by atoms with Crippen molar-refractivity contribution < 1.29 is 17.9 Å². The molecule has 0 aromatic heterocycles. The first-order chi connectivity index (χ1) is 18.9. The fourth-order valence-corrected chi connectivity index (χ4v) is 7.35. The molecule has 1 amide bonds. The Kier molecular flexibility index (Phi) is 10.7. The monoisotopic (exact) mass is 555 g/mol. The molecule has 2 aliphatic heterocycles. The summed E-state index contributed by atoms with van der Waals surface area (Å²) in [6, 6.07) is 20.5. The Labute approximate surface area is 235 Å². The SMILES string of the molecule is CCN(C(=O)OCc1ccccc1)C1CCN(c2ccccc2)CC1CCCC1CCN(S(=O)(=O)CC)CC1. The lowest BCUT2D eigenvalue weighted by molar-refractivity contribution is 0.0610. The highest BCUT2D eigenvalue weighted by molar-refractivity contribution is 7.89. The summed E-state index contributed by atoms with van der Waals surface area (Å²) < 4.78 is 31.9. The minimum absolute atomic E-state index is 0.148. The fraction of sp³-hybridized carbons (Fsp3) is 0.581. The van der Waals surface area contributed by atoms with E-state index in [1.807, 2.05) is 48.2 Å². The molecule has 2 aliphatic rings. The van der Waals surface area contributed by atoms with E-state index in [2.05, 4.69) is 29.2 Å². The second-order valence-corrected chi connectivity index (χ2v) is 13.2. The molecule has 2 saturated heterocycles. The van der Waals surface area contributed by atoms with Crippen LogP contribution >= 0.6 is 0 Å². The summed E-state index contributed by atoms with van der Waals surface area (Å²) in [5.74, 6) is 1.10. The smallest absolute Gasteiger partial charge is 0.410 e. The Morgan fingerprint density at radius 1 is 0.923 bits per heavy atom. The van der Waals surface area contributed by atoms with Crippen molar-refractivity contribution in [1.29, 1.82) is 0 Å².